The number of β-lactam (4-membered cyclic amide) rings is 1. The first-order valence-corrected chi connectivity index (χ1v) is 11.9. The SMILES string of the molecule is CCOc1ccc2nc(SC[C@]3(C)S[C@@H]4[C@@H](Cl)C(=O)N4[C@H]3C(=O)OC)sc2c1. The molecular formula is C18H19ClN2O4S3. The zero-order valence-corrected chi connectivity index (χ0v) is 18.7. The van der Waals surface area contributed by atoms with E-state index in [1.165, 1.54) is 7.11 Å². The highest BCUT2D eigenvalue weighted by molar-refractivity contribution is 8.05. The number of ether oxygens (including phenoxy) is 2. The third-order valence-corrected chi connectivity index (χ3v) is 9.72. The number of hydrogen-bond acceptors (Lipinski definition) is 8. The number of carbonyl (C=O) groups excluding carboxylic acids is 2. The summed E-state index contributed by atoms with van der Waals surface area (Å²) in [6.07, 6.45) is 0. The third-order valence-electron chi connectivity index (χ3n) is 4.82. The molecule has 0 unspecified atom stereocenters. The largest absolute Gasteiger partial charge is 0.494 e. The molecule has 6 nitrogen and oxygen atoms in total. The first kappa shape index (κ1) is 20.1. The maximum absolute atomic E-state index is 12.4. The summed E-state index contributed by atoms with van der Waals surface area (Å²) in [5, 5.41) is -0.767. The van der Waals surface area contributed by atoms with E-state index in [2.05, 4.69) is 4.98 Å². The van der Waals surface area contributed by atoms with Crippen molar-refractivity contribution < 1.29 is 19.1 Å². The minimum atomic E-state index is -0.638. The average Bonchev–Trinajstić information content (AvgIpc) is 3.22. The van der Waals surface area contributed by atoms with Gasteiger partial charge >= 0.3 is 5.97 Å². The minimum absolute atomic E-state index is 0.187. The van der Waals surface area contributed by atoms with E-state index in [1.807, 2.05) is 32.0 Å². The van der Waals surface area contributed by atoms with Crippen LogP contribution in [0.2, 0.25) is 0 Å². The standard InChI is InChI=1S/C18H19ClN2O4S3/c1-4-25-9-5-6-10-11(7-9)27-17(20-10)26-8-18(2)13(16(23)24-3)21-14(22)12(19)15(21)28-18/h5-7,12-13,15H,4,8H2,1-3H3/t12-,13-,15+,18-/m0/s1. The zero-order valence-electron chi connectivity index (χ0n) is 15.5. The lowest BCUT2D eigenvalue weighted by Gasteiger charge is -2.40. The lowest BCUT2D eigenvalue weighted by atomic mass is 9.98. The van der Waals surface area contributed by atoms with Crippen LogP contribution in [0.1, 0.15) is 13.8 Å². The van der Waals surface area contributed by atoms with Gasteiger partial charge in [-0.1, -0.05) is 11.8 Å². The van der Waals surface area contributed by atoms with Gasteiger partial charge in [-0.3, -0.25) is 4.79 Å². The molecule has 3 heterocycles. The molecule has 4 atom stereocenters. The number of hydrogen-bond donors (Lipinski definition) is 0. The van der Waals surface area contributed by atoms with Crippen molar-refractivity contribution in [2.24, 2.45) is 0 Å². The fraction of sp³-hybridized carbons (Fsp3) is 0.500. The molecule has 10 heteroatoms. The normalized spacial score (nSPS) is 28.9. The Morgan fingerprint density at radius 2 is 2.25 bits per heavy atom. The van der Waals surface area contributed by atoms with Crippen LogP contribution in [-0.4, -0.2) is 62.8 Å². The highest BCUT2D eigenvalue weighted by Crippen LogP contribution is 2.54. The summed E-state index contributed by atoms with van der Waals surface area (Å²) >= 11 is 10.9. The fourth-order valence-corrected chi connectivity index (χ4v) is 7.91. The van der Waals surface area contributed by atoms with Crippen LogP contribution in [0.15, 0.2) is 22.5 Å². The quantitative estimate of drug-likeness (QED) is 0.283. The van der Waals surface area contributed by atoms with E-state index >= 15 is 0 Å². The van der Waals surface area contributed by atoms with E-state index in [4.69, 9.17) is 21.1 Å². The van der Waals surface area contributed by atoms with Gasteiger partial charge in [0.05, 0.1) is 28.7 Å². The summed E-state index contributed by atoms with van der Waals surface area (Å²) in [7, 11) is 1.35. The third kappa shape index (κ3) is 3.26. The number of thioether (sulfide) groups is 2. The van der Waals surface area contributed by atoms with E-state index in [-0.39, 0.29) is 11.3 Å². The number of methoxy groups -OCH3 is 1. The molecule has 28 heavy (non-hydrogen) atoms. The second-order valence-electron chi connectivity index (χ2n) is 6.73. The molecule has 2 aliphatic heterocycles. The van der Waals surface area contributed by atoms with Crippen molar-refractivity contribution in [2.75, 3.05) is 19.5 Å². The smallest absolute Gasteiger partial charge is 0.330 e. The average molecular weight is 459 g/mol. The van der Waals surface area contributed by atoms with Crippen LogP contribution in [0, 0.1) is 0 Å². The van der Waals surface area contributed by atoms with E-state index in [0.717, 1.165) is 20.3 Å². The first-order chi connectivity index (χ1) is 13.4. The van der Waals surface area contributed by atoms with Crippen molar-refractivity contribution in [3.63, 3.8) is 0 Å². The van der Waals surface area contributed by atoms with Gasteiger partial charge in [0.15, 0.2) is 4.34 Å². The summed E-state index contributed by atoms with van der Waals surface area (Å²) in [5.74, 6) is 0.835. The number of rotatable bonds is 6. The van der Waals surface area contributed by atoms with Gasteiger partial charge in [0.1, 0.15) is 22.5 Å². The van der Waals surface area contributed by atoms with Gasteiger partial charge in [-0.25, -0.2) is 9.78 Å². The summed E-state index contributed by atoms with van der Waals surface area (Å²) in [5.41, 5.74) is 0.921. The molecule has 1 aromatic heterocycles. The van der Waals surface area contributed by atoms with Crippen molar-refractivity contribution >= 4 is 68.6 Å². The number of amides is 1. The number of alkyl halides is 1. The molecule has 2 fully saturated rings. The number of carbonyl (C=O) groups is 2. The minimum Gasteiger partial charge on any atom is -0.494 e. The zero-order chi connectivity index (χ0) is 20.1. The molecule has 0 aliphatic carbocycles. The van der Waals surface area contributed by atoms with Crippen molar-refractivity contribution in [1.82, 2.24) is 9.88 Å². The fourth-order valence-electron chi connectivity index (χ4n) is 3.47. The number of nitrogens with zero attached hydrogens (tertiary/aromatic N) is 2. The summed E-state index contributed by atoms with van der Waals surface area (Å²) in [4.78, 5) is 30.8. The molecule has 2 saturated heterocycles. The number of aromatic nitrogens is 1. The molecule has 0 radical (unpaired) electrons. The Morgan fingerprint density at radius 1 is 1.46 bits per heavy atom. The first-order valence-electron chi connectivity index (χ1n) is 8.76. The molecule has 0 bridgehead atoms. The number of thiazole rings is 1. The molecule has 1 aromatic carbocycles. The maximum atomic E-state index is 12.4. The Labute approximate surface area is 180 Å². The van der Waals surface area contributed by atoms with Gasteiger partial charge < -0.3 is 14.4 Å². The highest BCUT2D eigenvalue weighted by Gasteiger charge is 2.65. The van der Waals surface area contributed by atoms with E-state index < -0.39 is 22.1 Å². The van der Waals surface area contributed by atoms with Crippen molar-refractivity contribution in [3.8, 4) is 5.75 Å². The van der Waals surface area contributed by atoms with Crippen LogP contribution in [0.3, 0.4) is 0 Å². The predicted octanol–water partition coefficient (Wildman–Crippen LogP) is 3.61. The second-order valence-corrected chi connectivity index (χ2v) is 11.1. The molecular weight excluding hydrogens is 440 g/mol. The van der Waals surface area contributed by atoms with E-state index in [1.54, 1.807) is 39.8 Å². The Balaban J connectivity index is 1.53. The lowest BCUT2D eigenvalue weighted by Crippen LogP contribution is -2.64. The second kappa shape index (κ2) is 7.59. The maximum Gasteiger partial charge on any atom is 0.330 e. The Morgan fingerprint density at radius 3 is 2.96 bits per heavy atom. The molecule has 150 valence electrons. The van der Waals surface area contributed by atoms with Crippen molar-refractivity contribution in [2.45, 2.75) is 39.7 Å². The number of esters is 1. The Kier molecular flexibility index (Phi) is 5.45. The number of fused-ring (bicyclic) bond motifs is 2. The molecule has 2 aliphatic rings. The van der Waals surface area contributed by atoms with Gasteiger partial charge in [-0.05, 0) is 32.0 Å². The van der Waals surface area contributed by atoms with E-state index in [9.17, 15) is 9.59 Å². The van der Waals surface area contributed by atoms with Crippen LogP contribution in [0.25, 0.3) is 10.2 Å². The van der Waals surface area contributed by atoms with Gasteiger partial charge in [0.2, 0.25) is 5.91 Å². The highest BCUT2D eigenvalue weighted by atomic mass is 35.5. The monoisotopic (exact) mass is 458 g/mol. The molecule has 0 N–H and O–H groups in total. The molecule has 2 aromatic rings. The summed E-state index contributed by atoms with van der Waals surface area (Å²) in [6, 6.07) is 5.22. The van der Waals surface area contributed by atoms with Gasteiger partial charge in [-0.2, -0.15) is 0 Å². The topological polar surface area (TPSA) is 68.7 Å². The number of halogens is 1. The van der Waals surface area contributed by atoms with Crippen LogP contribution in [0.4, 0.5) is 0 Å². The number of benzene rings is 1. The molecule has 0 spiro atoms. The van der Waals surface area contributed by atoms with Gasteiger partial charge in [-0.15, -0.1) is 34.7 Å². The Bertz CT molecular complexity index is 939. The van der Waals surface area contributed by atoms with Crippen molar-refractivity contribution in [3.05, 3.63) is 18.2 Å². The van der Waals surface area contributed by atoms with Crippen molar-refractivity contribution in [1.29, 1.82) is 0 Å². The molecule has 0 saturated carbocycles. The van der Waals surface area contributed by atoms with Gasteiger partial charge in [0, 0.05) is 5.75 Å². The van der Waals surface area contributed by atoms with Gasteiger partial charge in [0.25, 0.3) is 0 Å². The van der Waals surface area contributed by atoms with Crippen LogP contribution >= 0.6 is 46.5 Å². The molecule has 4 rings (SSSR count). The molecule has 1 amide bonds. The summed E-state index contributed by atoms with van der Waals surface area (Å²) < 4.78 is 12.0. The lowest BCUT2D eigenvalue weighted by molar-refractivity contribution is -0.158. The van der Waals surface area contributed by atoms with Crippen LogP contribution in [-0.2, 0) is 14.3 Å². The predicted molar refractivity (Wildman–Crippen MR) is 114 cm³/mol. The van der Waals surface area contributed by atoms with E-state index in [0.29, 0.717) is 12.4 Å². The summed E-state index contributed by atoms with van der Waals surface area (Å²) in [6.45, 7) is 4.56. The van der Waals surface area contributed by atoms with Crippen LogP contribution in [0.5, 0.6) is 5.75 Å². The van der Waals surface area contributed by atoms with Crippen LogP contribution < -0.4 is 4.74 Å². The Hall–Kier alpha value is -1.16.